The van der Waals surface area contributed by atoms with Crippen molar-refractivity contribution in [1.29, 1.82) is 5.26 Å². The van der Waals surface area contributed by atoms with Crippen molar-refractivity contribution in [3.63, 3.8) is 0 Å². The van der Waals surface area contributed by atoms with Crippen LogP contribution in [0.1, 0.15) is 60.6 Å². The summed E-state index contributed by atoms with van der Waals surface area (Å²) in [6.07, 6.45) is 0.898. The normalized spacial score (nSPS) is 21.9. The Morgan fingerprint density at radius 1 is 1.13 bits per heavy atom. The first kappa shape index (κ1) is 31.6. The number of alkyl halides is 3. The monoisotopic (exact) mass is 634 g/mol. The van der Waals surface area contributed by atoms with Gasteiger partial charge in [0.25, 0.3) is 5.91 Å². The lowest BCUT2D eigenvalue weighted by atomic mass is 9.94. The summed E-state index contributed by atoms with van der Waals surface area (Å²) in [5.41, 5.74) is 1.32. The number of halogens is 3. The molecule has 6 rings (SSSR count). The molecule has 2 aromatic heterocycles. The highest BCUT2D eigenvalue weighted by Crippen LogP contribution is 2.43. The minimum atomic E-state index is -4.55. The van der Waals surface area contributed by atoms with E-state index in [1.807, 2.05) is 44.3 Å². The first-order valence-corrected chi connectivity index (χ1v) is 15.8. The van der Waals surface area contributed by atoms with Crippen molar-refractivity contribution in [2.24, 2.45) is 5.92 Å². The minimum Gasteiger partial charge on any atom is -0.489 e. The molecule has 1 unspecified atom stereocenters. The number of carbonyl (C=O) groups is 1. The number of aromatic nitrogens is 2. The fourth-order valence-corrected chi connectivity index (χ4v) is 6.52. The molecule has 3 atom stereocenters. The first-order chi connectivity index (χ1) is 22.1. The van der Waals surface area contributed by atoms with Gasteiger partial charge < -0.3 is 24.6 Å². The predicted octanol–water partition coefficient (Wildman–Crippen LogP) is 5.69. The Morgan fingerprint density at radius 2 is 1.96 bits per heavy atom. The molecule has 242 valence electrons. The number of nitrogens with zero attached hydrogens (tertiary/aromatic N) is 5. The second-order valence-electron chi connectivity index (χ2n) is 12.3. The second kappa shape index (κ2) is 13.2. The lowest BCUT2D eigenvalue weighted by molar-refractivity contribution is -0.137. The van der Waals surface area contributed by atoms with E-state index in [1.54, 1.807) is 6.20 Å². The van der Waals surface area contributed by atoms with Crippen LogP contribution in [0, 0.1) is 17.2 Å². The van der Waals surface area contributed by atoms with Crippen LogP contribution >= 0.6 is 0 Å². The quantitative estimate of drug-likeness (QED) is 0.320. The van der Waals surface area contributed by atoms with Crippen molar-refractivity contribution in [3.8, 4) is 29.0 Å². The molecule has 1 amide bonds. The number of hydrogen-bond acceptors (Lipinski definition) is 8. The molecule has 0 radical (unpaired) electrons. The van der Waals surface area contributed by atoms with Gasteiger partial charge in [-0.1, -0.05) is 0 Å². The van der Waals surface area contributed by atoms with Gasteiger partial charge in [-0.3, -0.25) is 4.79 Å². The number of nitriles is 1. The number of pyridine rings is 2. The van der Waals surface area contributed by atoms with Crippen LogP contribution in [-0.2, 0) is 6.18 Å². The molecule has 0 bridgehead atoms. The number of rotatable bonds is 9. The zero-order valence-electron chi connectivity index (χ0n) is 25.9. The van der Waals surface area contributed by atoms with Gasteiger partial charge >= 0.3 is 6.18 Å². The summed E-state index contributed by atoms with van der Waals surface area (Å²) in [5.74, 6) is 0.743. The fourth-order valence-electron chi connectivity index (χ4n) is 6.52. The molecule has 2 saturated heterocycles. The van der Waals surface area contributed by atoms with Gasteiger partial charge in [-0.05, 0) is 88.2 Å². The number of piperidine rings is 1. The lowest BCUT2D eigenvalue weighted by Gasteiger charge is -2.42. The van der Waals surface area contributed by atoms with E-state index in [0.717, 1.165) is 50.2 Å². The number of hydrogen-bond donors (Lipinski definition) is 1. The van der Waals surface area contributed by atoms with Gasteiger partial charge in [-0.2, -0.15) is 18.4 Å². The van der Waals surface area contributed by atoms with Crippen molar-refractivity contribution in [2.75, 3.05) is 38.2 Å². The summed E-state index contributed by atoms with van der Waals surface area (Å²) in [4.78, 5) is 27.7. The fraction of sp³-hybridized carbons (Fsp3) is 0.471. The van der Waals surface area contributed by atoms with E-state index in [4.69, 9.17) is 14.5 Å². The van der Waals surface area contributed by atoms with Crippen LogP contribution in [0.15, 0.2) is 48.7 Å². The Bertz CT molecular complexity index is 1620. The van der Waals surface area contributed by atoms with Crippen LogP contribution in [0.5, 0.6) is 11.6 Å². The average molecular weight is 635 g/mol. The average Bonchev–Trinajstić information content (AvgIpc) is 3.82. The van der Waals surface area contributed by atoms with Gasteiger partial charge in [0.15, 0.2) is 5.69 Å². The van der Waals surface area contributed by atoms with E-state index < -0.39 is 11.7 Å². The van der Waals surface area contributed by atoms with E-state index in [2.05, 4.69) is 20.1 Å². The third kappa shape index (κ3) is 6.89. The highest BCUT2D eigenvalue weighted by molar-refractivity contribution is 5.99. The predicted molar refractivity (Wildman–Crippen MR) is 166 cm³/mol. The number of nitrogens with one attached hydrogen (secondary N) is 1. The van der Waals surface area contributed by atoms with Crippen molar-refractivity contribution in [1.82, 2.24) is 20.2 Å². The van der Waals surface area contributed by atoms with Gasteiger partial charge in [-0.15, -0.1) is 0 Å². The number of likely N-dealkylation sites (N-methyl/N-ethyl adjacent to an activating group) is 1. The van der Waals surface area contributed by atoms with Gasteiger partial charge in [0, 0.05) is 44.2 Å². The molecule has 1 aliphatic carbocycles. The number of anilines is 1. The number of likely N-dealkylation sites (tertiary alicyclic amines) is 1. The highest BCUT2D eigenvalue weighted by atomic mass is 19.4. The standard InChI is InChI=1S/C34H37F3N6O3/c1-3-45-33-26(5-4-14-39-33)27-9-10-28(31(41-27)32(44)40-24-12-15-42(2)20-24)43-16-13-25(18-29(43)21-6-7-21)46-30-11-8-23(34(35,36)37)17-22(30)19-38/h4-5,8-11,14,17,21,24-25,29H,3,6-7,12-13,15-16,18,20H2,1-2H3,(H,40,44)/t24-,25+,29?/m1/s1. The van der Waals surface area contributed by atoms with Crippen molar-refractivity contribution >= 4 is 11.6 Å². The number of carbonyl (C=O) groups excluding carboxylic acids is 1. The summed E-state index contributed by atoms with van der Waals surface area (Å²) in [7, 11) is 2.03. The maximum absolute atomic E-state index is 13.9. The molecule has 46 heavy (non-hydrogen) atoms. The van der Waals surface area contributed by atoms with Crippen LogP contribution in [0.4, 0.5) is 18.9 Å². The molecule has 3 aromatic rings. The molecule has 1 aromatic carbocycles. The van der Waals surface area contributed by atoms with Crippen molar-refractivity contribution in [2.45, 2.75) is 63.4 Å². The van der Waals surface area contributed by atoms with E-state index in [-0.39, 0.29) is 35.4 Å². The Hall–Kier alpha value is -4.37. The number of amides is 1. The van der Waals surface area contributed by atoms with Crippen LogP contribution < -0.4 is 19.7 Å². The van der Waals surface area contributed by atoms with Crippen molar-refractivity contribution in [3.05, 3.63) is 65.5 Å². The van der Waals surface area contributed by atoms with E-state index in [1.165, 1.54) is 6.07 Å². The number of benzene rings is 1. The third-order valence-electron chi connectivity index (χ3n) is 8.94. The molecular weight excluding hydrogens is 597 g/mol. The first-order valence-electron chi connectivity index (χ1n) is 15.8. The molecule has 3 aliphatic rings. The third-order valence-corrected chi connectivity index (χ3v) is 8.94. The maximum Gasteiger partial charge on any atom is 0.416 e. The summed E-state index contributed by atoms with van der Waals surface area (Å²) in [5, 5.41) is 12.8. The molecule has 9 nitrogen and oxygen atoms in total. The Kier molecular flexibility index (Phi) is 9.04. The zero-order chi connectivity index (χ0) is 32.4. The second-order valence-corrected chi connectivity index (χ2v) is 12.3. The van der Waals surface area contributed by atoms with E-state index in [9.17, 15) is 23.2 Å². The van der Waals surface area contributed by atoms with E-state index >= 15 is 0 Å². The number of ether oxygens (including phenoxy) is 2. The Labute approximate surface area is 266 Å². The topological polar surface area (TPSA) is 104 Å². The molecule has 1 N–H and O–H groups in total. The molecule has 1 saturated carbocycles. The molecule has 12 heteroatoms. The Morgan fingerprint density at radius 3 is 2.65 bits per heavy atom. The minimum absolute atomic E-state index is 0.0182. The van der Waals surface area contributed by atoms with E-state index in [0.29, 0.717) is 54.7 Å². The van der Waals surface area contributed by atoms with Gasteiger partial charge in [0.2, 0.25) is 5.88 Å². The molecule has 0 spiro atoms. The maximum atomic E-state index is 13.9. The van der Waals surface area contributed by atoms with Gasteiger partial charge in [-0.25, -0.2) is 9.97 Å². The summed E-state index contributed by atoms with van der Waals surface area (Å²) in [6, 6.07) is 12.5. The van der Waals surface area contributed by atoms with Crippen LogP contribution in [-0.4, -0.2) is 72.3 Å². The van der Waals surface area contributed by atoms with Gasteiger partial charge in [0.1, 0.15) is 17.9 Å². The largest absolute Gasteiger partial charge is 0.489 e. The van der Waals surface area contributed by atoms with Crippen LogP contribution in [0.2, 0.25) is 0 Å². The summed E-state index contributed by atoms with van der Waals surface area (Å²) in [6.45, 7) is 4.55. The smallest absolute Gasteiger partial charge is 0.416 e. The molecule has 3 fully saturated rings. The van der Waals surface area contributed by atoms with Crippen LogP contribution in [0.3, 0.4) is 0 Å². The molecule has 2 aliphatic heterocycles. The summed E-state index contributed by atoms with van der Waals surface area (Å²) < 4.78 is 51.7. The van der Waals surface area contributed by atoms with Gasteiger partial charge in [0.05, 0.1) is 34.7 Å². The Balaban J connectivity index is 1.29. The molecular formula is C34H37F3N6O3. The van der Waals surface area contributed by atoms with Crippen molar-refractivity contribution < 1.29 is 27.4 Å². The van der Waals surface area contributed by atoms with Crippen LogP contribution in [0.25, 0.3) is 11.3 Å². The lowest BCUT2D eigenvalue weighted by Crippen LogP contribution is -2.48. The zero-order valence-corrected chi connectivity index (χ0v) is 25.9. The molecule has 4 heterocycles. The summed E-state index contributed by atoms with van der Waals surface area (Å²) >= 11 is 0. The highest BCUT2D eigenvalue weighted by Gasteiger charge is 2.42. The SMILES string of the molecule is CCOc1ncccc1-c1ccc(N2CC[C@H](Oc3ccc(C(F)(F)F)cc3C#N)CC2C2CC2)c(C(=O)N[C@@H]2CCN(C)C2)n1.